The SMILES string of the molecule is CCOCC(O)CNC(C)CCS(C)=O. The van der Waals surface area contributed by atoms with E-state index in [2.05, 4.69) is 5.32 Å². The molecule has 0 rings (SSSR count). The van der Waals surface area contributed by atoms with Crippen LogP contribution < -0.4 is 5.32 Å². The summed E-state index contributed by atoms with van der Waals surface area (Å²) in [5.74, 6) is 0.704. The molecule has 0 aliphatic heterocycles. The first-order chi connectivity index (χ1) is 7.06. The zero-order valence-corrected chi connectivity index (χ0v) is 10.7. The second kappa shape index (κ2) is 9.27. The van der Waals surface area contributed by atoms with Gasteiger partial charge < -0.3 is 15.2 Å². The summed E-state index contributed by atoms with van der Waals surface area (Å²) < 4.78 is 15.9. The van der Waals surface area contributed by atoms with Crippen LogP contribution in [0.15, 0.2) is 0 Å². The van der Waals surface area contributed by atoms with Crippen LogP contribution in [-0.4, -0.2) is 53.2 Å². The summed E-state index contributed by atoms with van der Waals surface area (Å²) in [4.78, 5) is 0. The number of aliphatic hydroxyl groups excluding tert-OH is 1. The Kier molecular flexibility index (Phi) is 9.29. The van der Waals surface area contributed by atoms with Crippen LogP contribution >= 0.6 is 0 Å². The van der Waals surface area contributed by atoms with Crippen LogP contribution in [0.3, 0.4) is 0 Å². The summed E-state index contributed by atoms with van der Waals surface area (Å²) in [7, 11) is -0.732. The van der Waals surface area contributed by atoms with Crippen LogP contribution in [-0.2, 0) is 15.5 Å². The minimum atomic E-state index is -0.732. The molecule has 0 aliphatic rings. The first-order valence-electron chi connectivity index (χ1n) is 5.35. The Morgan fingerprint density at radius 2 is 2.20 bits per heavy atom. The van der Waals surface area contributed by atoms with Crippen molar-refractivity contribution >= 4 is 10.8 Å². The van der Waals surface area contributed by atoms with Gasteiger partial charge in [0.15, 0.2) is 0 Å². The normalized spacial score (nSPS) is 17.3. The third kappa shape index (κ3) is 10.3. The Hall–Kier alpha value is 0.0300. The van der Waals surface area contributed by atoms with E-state index >= 15 is 0 Å². The Bertz CT molecular complexity index is 178. The molecule has 0 radical (unpaired) electrons. The lowest BCUT2D eigenvalue weighted by molar-refractivity contribution is 0.0416. The molecule has 92 valence electrons. The molecule has 0 aliphatic carbocycles. The molecule has 0 saturated carbocycles. The van der Waals surface area contributed by atoms with Gasteiger partial charge in [-0.1, -0.05) is 0 Å². The van der Waals surface area contributed by atoms with E-state index in [0.717, 1.165) is 6.42 Å². The van der Waals surface area contributed by atoms with Crippen molar-refractivity contribution in [1.82, 2.24) is 5.32 Å². The lowest BCUT2D eigenvalue weighted by Gasteiger charge is -2.16. The molecule has 15 heavy (non-hydrogen) atoms. The van der Waals surface area contributed by atoms with Gasteiger partial charge >= 0.3 is 0 Å². The second-order valence-corrected chi connectivity index (χ2v) is 5.24. The van der Waals surface area contributed by atoms with Gasteiger partial charge in [0.2, 0.25) is 0 Å². The first-order valence-corrected chi connectivity index (χ1v) is 7.08. The summed E-state index contributed by atoms with van der Waals surface area (Å²) in [5.41, 5.74) is 0. The van der Waals surface area contributed by atoms with Crippen LogP contribution in [0, 0.1) is 0 Å². The van der Waals surface area contributed by atoms with E-state index in [0.29, 0.717) is 25.5 Å². The standard InChI is InChI=1S/C10H23NO3S/c1-4-14-8-10(12)7-11-9(2)5-6-15(3)13/h9-12H,4-8H2,1-3H3. The third-order valence-corrected chi connectivity index (χ3v) is 2.87. The van der Waals surface area contributed by atoms with Crippen LogP contribution in [0.25, 0.3) is 0 Å². The number of hydrogen-bond acceptors (Lipinski definition) is 4. The topological polar surface area (TPSA) is 58.6 Å². The predicted molar refractivity (Wildman–Crippen MR) is 63.5 cm³/mol. The molecule has 0 aromatic rings. The van der Waals surface area contributed by atoms with Crippen molar-refractivity contribution in [2.24, 2.45) is 0 Å². The average Bonchev–Trinajstić information content (AvgIpc) is 2.20. The van der Waals surface area contributed by atoms with Gasteiger partial charge in [0.25, 0.3) is 0 Å². The lowest BCUT2D eigenvalue weighted by Crippen LogP contribution is -2.36. The summed E-state index contributed by atoms with van der Waals surface area (Å²) in [5, 5.41) is 12.6. The van der Waals surface area contributed by atoms with Gasteiger partial charge in [-0.3, -0.25) is 4.21 Å². The van der Waals surface area contributed by atoms with Crippen molar-refractivity contribution in [2.45, 2.75) is 32.4 Å². The van der Waals surface area contributed by atoms with Gasteiger partial charge in [0.1, 0.15) is 0 Å². The average molecular weight is 237 g/mol. The fraction of sp³-hybridized carbons (Fsp3) is 1.00. The molecule has 0 spiro atoms. The molecule has 3 unspecified atom stereocenters. The molecule has 0 aromatic carbocycles. The Labute approximate surface area is 94.9 Å². The molecule has 0 saturated heterocycles. The van der Waals surface area contributed by atoms with Gasteiger partial charge in [-0.05, 0) is 20.3 Å². The Morgan fingerprint density at radius 3 is 2.73 bits per heavy atom. The summed E-state index contributed by atoms with van der Waals surface area (Å²) >= 11 is 0. The van der Waals surface area contributed by atoms with E-state index in [1.165, 1.54) is 0 Å². The summed E-state index contributed by atoms with van der Waals surface area (Å²) in [6.07, 6.45) is 2.11. The molecule has 0 heterocycles. The monoisotopic (exact) mass is 237 g/mol. The largest absolute Gasteiger partial charge is 0.389 e. The maximum atomic E-state index is 10.8. The second-order valence-electron chi connectivity index (χ2n) is 3.69. The third-order valence-electron chi connectivity index (χ3n) is 2.05. The number of nitrogens with one attached hydrogen (secondary N) is 1. The van der Waals surface area contributed by atoms with Gasteiger partial charge in [0, 0.05) is 42.0 Å². The Balaban J connectivity index is 3.43. The van der Waals surface area contributed by atoms with E-state index in [1.54, 1.807) is 6.26 Å². The van der Waals surface area contributed by atoms with Crippen LogP contribution in [0.4, 0.5) is 0 Å². The molecular weight excluding hydrogens is 214 g/mol. The maximum Gasteiger partial charge on any atom is 0.0897 e. The molecule has 3 atom stereocenters. The highest BCUT2D eigenvalue weighted by molar-refractivity contribution is 7.84. The van der Waals surface area contributed by atoms with E-state index in [4.69, 9.17) is 4.74 Å². The van der Waals surface area contributed by atoms with Crippen molar-refractivity contribution in [1.29, 1.82) is 0 Å². The number of aliphatic hydroxyl groups is 1. The molecule has 0 fully saturated rings. The molecule has 0 amide bonds. The molecule has 4 nitrogen and oxygen atoms in total. The number of ether oxygens (including phenoxy) is 1. The Morgan fingerprint density at radius 1 is 1.53 bits per heavy atom. The zero-order valence-electron chi connectivity index (χ0n) is 9.86. The fourth-order valence-corrected chi connectivity index (χ4v) is 1.78. The molecule has 2 N–H and O–H groups in total. The minimum absolute atomic E-state index is 0.283. The van der Waals surface area contributed by atoms with Crippen LogP contribution in [0.2, 0.25) is 0 Å². The fourth-order valence-electron chi connectivity index (χ4n) is 1.09. The van der Waals surface area contributed by atoms with Gasteiger partial charge in [-0.25, -0.2) is 0 Å². The first kappa shape index (κ1) is 15.0. The highest BCUT2D eigenvalue weighted by Gasteiger charge is 2.07. The lowest BCUT2D eigenvalue weighted by atomic mass is 10.2. The molecule has 5 heteroatoms. The summed E-state index contributed by atoms with van der Waals surface area (Å²) in [6, 6.07) is 0.283. The minimum Gasteiger partial charge on any atom is -0.389 e. The number of hydrogen-bond donors (Lipinski definition) is 2. The zero-order chi connectivity index (χ0) is 11.7. The van der Waals surface area contributed by atoms with Gasteiger partial charge in [-0.15, -0.1) is 0 Å². The van der Waals surface area contributed by atoms with Crippen molar-refractivity contribution in [3.8, 4) is 0 Å². The van der Waals surface area contributed by atoms with E-state index in [9.17, 15) is 9.32 Å². The highest BCUT2D eigenvalue weighted by Crippen LogP contribution is 1.93. The molecular formula is C10H23NO3S. The molecule has 0 aromatic heterocycles. The maximum absolute atomic E-state index is 10.8. The van der Waals surface area contributed by atoms with Crippen LogP contribution in [0.5, 0.6) is 0 Å². The highest BCUT2D eigenvalue weighted by atomic mass is 32.2. The van der Waals surface area contributed by atoms with Crippen molar-refractivity contribution in [2.75, 3.05) is 31.8 Å². The van der Waals surface area contributed by atoms with Gasteiger partial charge in [-0.2, -0.15) is 0 Å². The van der Waals surface area contributed by atoms with E-state index < -0.39 is 16.9 Å². The van der Waals surface area contributed by atoms with Gasteiger partial charge in [0.05, 0.1) is 12.7 Å². The smallest absolute Gasteiger partial charge is 0.0897 e. The van der Waals surface area contributed by atoms with Crippen molar-refractivity contribution in [3.63, 3.8) is 0 Å². The molecule has 0 bridgehead atoms. The predicted octanol–water partition coefficient (Wildman–Crippen LogP) is 0.131. The number of rotatable bonds is 9. The summed E-state index contributed by atoms with van der Waals surface area (Å²) in [6.45, 7) is 5.45. The quantitative estimate of drug-likeness (QED) is 0.598. The van der Waals surface area contributed by atoms with E-state index in [-0.39, 0.29) is 6.04 Å². The van der Waals surface area contributed by atoms with Crippen molar-refractivity contribution in [3.05, 3.63) is 0 Å². The van der Waals surface area contributed by atoms with E-state index in [1.807, 2.05) is 13.8 Å². The van der Waals surface area contributed by atoms with Crippen LogP contribution in [0.1, 0.15) is 20.3 Å². The van der Waals surface area contributed by atoms with Crippen molar-refractivity contribution < 1.29 is 14.1 Å².